The zero-order chi connectivity index (χ0) is 20.0. The molecule has 2 unspecified atom stereocenters. The van der Waals surface area contributed by atoms with Gasteiger partial charge in [-0.3, -0.25) is 19.4 Å². The molecule has 1 fully saturated rings. The maximum absolute atomic E-state index is 12.9. The Morgan fingerprint density at radius 2 is 1.86 bits per heavy atom. The quantitative estimate of drug-likeness (QED) is 0.724. The van der Waals surface area contributed by atoms with Gasteiger partial charge in [0.05, 0.1) is 22.2 Å². The Morgan fingerprint density at radius 3 is 2.69 bits per heavy atom. The predicted molar refractivity (Wildman–Crippen MR) is 108 cm³/mol. The second-order valence-corrected chi connectivity index (χ2v) is 8.10. The molecule has 29 heavy (non-hydrogen) atoms. The van der Waals surface area contributed by atoms with Gasteiger partial charge in [-0.1, -0.05) is 29.8 Å². The number of imide groups is 1. The van der Waals surface area contributed by atoms with E-state index in [4.69, 9.17) is 21.1 Å². The lowest BCUT2D eigenvalue weighted by Gasteiger charge is -2.38. The molecule has 3 aliphatic heterocycles. The van der Waals surface area contributed by atoms with Gasteiger partial charge in [-0.05, 0) is 43.7 Å². The number of fused-ring (bicyclic) bond motifs is 2. The van der Waals surface area contributed by atoms with E-state index in [9.17, 15) is 9.59 Å². The normalized spacial score (nSPS) is 24.0. The molecular formula is C22H21ClN2O4. The van der Waals surface area contributed by atoms with E-state index in [1.165, 1.54) is 4.90 Å². The highest BCUT2D eigenvalue weighted by molar-refractivity contribution is 6.37. The van der Waals surface area contributed by atoms with Crippen molar-refractivity contribution in [3.8, 4) is 11.5 Å². The van der Waals surface area contributed by atoms with Crippen LogP contribution in [0, 0.1) is 0 Å². The summed E-state index contributed by atoms with van der Waals surface area (Å²) in [6.07, 6.45) is 1.63. The molecule has 2 aromatic rings. The predicted octanol–water partition coefficient (Wildman–Crippen LogP) is 3.24. The Balaban J connectivity index is 1.28. The summed E-state index contributed by atoms with van der Waals surface area (Å²) in [4.78, 5) is 29.4. The summed E-state index contributed by atoms with van der Waals surface area (Å²) < 4.78 is 11.9. The Hall–Kier alpha value is -2.57. The van der Waals surface area contributed by atoms with Gasteiger partial charge in [0.2, 0.25) is 0 Å². The highest BCUT2D eigenvalue weighted by Crippen LogP contribution is 2.33. The first-order valence-electron chi connectivity index (χ1n) is 9.89. The minimum Gasteiger partial charge on any atom is -0.486 e. The minimum atomic E-state index is -0.284. The van der Waals surface area contributed by atoms with E-state index < -0.39 is 0 Å². The maximum atomic E-state index is 12.9. The molecule has 2 atom stereocenters. The molecule has 0 radical (unpaired) electrons. The van der Waals surface area contributed by atoms with Gasteiger partial charge in [0, 0.05) is 13.1 Å². The lowest BCUT2D eigenvalue weighted by atomic mass is 10.0. The van der Waals surface area contributed by atoms with Crippen LogP contribution in [-0.2, 0) is 0 Å². The number of halogens is 1. The molecule has 6 nitrogen and oxygen atoms in total. The number of nitrogens with zero attached hydrogens (tertiary/aromatic N) is 2. The van der Waals surface area contributed by atoms with E-state index in [-0.39, 0.29) is 24.0 Å². The molecular weight excluding hydrogens is 392 g/mol. The van der Waals surface area contributed by atoms with Crippen LogP contribution in [0.5, 0.6) is 11.5 Å². The zero-order valence-corrected chi connectivity index (χ0v) is 16.6. The molecule has 3 heterocycles. The summed E-state index contributed by atoms with van der Waals surface area (Å²) in [7, 11) is 0. The van der Waals surface area contributed by atoms with Gasteiger partial charge in [-0.25, -0.2) is 0 Å². The first kappa shape index (κ1) is 18.5. The molecule has 3 aliphatic rings. The number of para-hydroxylation sites is 2. The average molecular weight is 413 g/mol. The number of hydrogen-bond acceptors (Lipinski definition) is 5. The van der Waals surface area contributed by atoms with Crippen molar-refractivity contribution in [3.63, 3.8) is 0 Å². The van der Waals surface area contributed by atoms with Crippen LogP contribution < -0.4 is 9.47 Å². The largest absolute Gasteiger partial charge is 0.486 e. The summed E-state index contributed by atoms with van der Waals surface area (Å²) in [5.41, 5.74) is 0.733. The second-order valence-electron chi connectivity index (χ2n) is 7.70. The standard InChI is InChI=1S/C22H21ClN2O4/c23-17-7-3-6-16-20(17)22(27)25(21(16)26)14-5-4-10-24(11-14)12-15-13-28-18-8-1-2-9-19(18)29-15/h1-3,6-9,14-15H,4-5,10-13H2. The third-order valence-corrected chi connectivity index (χ3v) is 6.09. The second kappa shape index (κ2) is 7.35. The molecule has 7 heteroatoms. The van der Waals surface area contributed by atoms with Crippen molar-refractivity contribution in [1.82, 2.24) is 9.80 Å². The fraction of sp³-hybridized carbons (Fsp3) is 0.364. The van der Waals surface area contributed by atoms with Crippen molar-refractivity contribution >= 4 is 23.4 Å². The average Bonchev–Trinajstić information content (AvgIpc) is 2.99. The van der Waals surface area contributed by atoms with Crippen LogP contribution in [0.2, 0.25) is 5.02 Å². The number of hydrogen-bond donors (Lipinski definition) is 0. The first-order chi connectivity index (χ1) is 14.1. The van der Waals surface area contributed by atoms with E-state index in [2.05, 4.69) is 4.90 Å². The monoisotopic (exact) mass is 412 g/mol. The summed E-state index contributed by atoms with van der Waals surface area (Å²) in [5.74, 6) is 0.995. The minimum absolute atomic E-state index is 0.0831. The Labute approximate surface area is 173 Å². The molecule has 150 valence electrons. The molecule has 2 aromatic carbocycles. The summed E-state index contributed by atoms with van der Waals surface area (Å²) >= 11 is 6.19. The van der Waals surface area contributed by atoms with Gasteiger partial charge in [0.25, 0.3) is 11.8 Å². The molecule has 0 saturated carbocycles. The topological polar surface area (TPSA) is 59.1 Å². The zero-order valence-electron chi connectivity index (χ0n) is 15.8. The molecule has 0 bridgehead atoms. The number of carbonyl (C=O) groups excluding carboxylic acids is 2. The van der Waals surface area contributed by atoms with Crippen molar-refractivity contribution in [2.75, 3.05) is 26.2 Å². The molecule has 0 spiro atoms. The van der Waals surface area contributed by atoms with Gasteiger partial charge in [-0.2, -0.15) is 0 Å². The van der Waals surface area contributed by atoms with Crippen LogP contribution in [0.3, 0.4) is 0 Å². The van der Waals surface area contributed by atoms with Crippen molar-refractivity contribution in [1.29, 1.82) is 0 Å². The maximum Gasteiger partial charge on any atom is 0.263 e. The number of rotatable bonds is 3. The van der Waals surface area contributed by atoms with E-state index in [1.807, 2.05) is 24.3 Å². The Kier molecular flexibility index (Phi) is 4.68. The fourth-order valence-electron chi connectivity index (χ4n) is 4.44. The van der Waals surface area contributed by atoms with Crippen molar-refractivity contribution in [3.05, 3.63) is 58.6 Å². The van der Waals surface area contributed by atoms with E-state index in [0.29, 0.717) is 35.8 Å². The van der Waals surface area contributed by atoms with Gasteiger partial charge in [0.15, 0.2) is 11.5 Å². The van der Waals surface area contributed by atoms with Gasteiger partial charge in [0.1, 0.15) is 12.7 Å². The van der Waals surface area contributed by atoms with Crippen LogP contribution in [0.25, 0.3) is 0 Å². The number of likely N-dealkylation sites (tertiary alicyclic amines) is 1. The van der Waals surface area contributed by atoms with Crippen LogP contribution in [0.1, 0.15) is 33.6 Å². The third kappa shape index (κ3) is 3.26. The van der Waals surface area contributed by atoms with E-state index in [1.54, 1.807) is 18.2 Å². The van der Waals surface area contributed by atoms with Gasteiger partial charge in [-0.15, -0.1) is 0 Å². The number of benzene rings is 2. The van der Waals surface area contributed by atoms with Crippen LogP contribution in [0.4, 0.5) is 0 Å². The molecule has 0 aromatic heterocycles. The molecule has 5 rings (SSSR count). The number of carbonyl (C=O) groups is 2. The Morgan fingerprint density at radius 1 is 1.03 bits per heavy atom. The van der Waals surface area contributed by atoms with Crippen molar-refractivity contribution in [2.45, 2.75) is 25.0 Å². The molecule has 0 aliphatic carbocycles. The third-order valence-electron chi connectivity index (χ3n) is 5.77. The molecule has 1 saturated heterocycles. The number of ether oxygens (including phenoxy) is 2. The lowest BCUT2D eigenvalue weighted by Crippen LogP contribution is -2.52. The van der Waals surface area contributed by atoms with Crippen LogP contribution in [-0.4, -0.2) is 60.0 Å². The summed E-state index contributed by atoms with van der Waals surface area (Å²) in [6, 6.07) is 12.5. The SMILES string of the molecule is O=C1c2cccc(Cl)c2C(=O)N1C1CCCN(CC2COc3ccccc3O2)C1. The van der Waals surface area contributed by atoms with Crippen molar-refractivity contribution < 1.29 is 19.1 Å². The highest BCUT2D eigenvalue weighted by atomic mass is 35.5. The molecule has 0 N–H and O–H groups in total. The van der Waals surface area contributed by atoms with Crippen LogP contribution in [0.15, 0.2) is 42.5 Å². The van der Waals surface area contributed by atoms with E-state index >= 15 is 0 Å². The lowest BCUT2D eigenvalue weighted by molar-refractivity contribution is 0.0300. The highest BCUT2D eigenvalue weighted by Gasteiger charge is 2.42. The summed E-state index contributed by atoms with van der Waals surface area (Å²) in [6.45, 7) is 2.71. The smallest absolute Gasteiger partial charge is 0.263 e. The van der Waals surface area contributed by atoms with Crippen molar-refractivity contribution in [2.24, 2.45) is 0 Å². The van der Waals surface area contributed by atoms with Crippen LogP contribution >= 0.6 is 11.6 Å². The van der Waals surface area contributed by atoms with E-state index in [0.717, 1.165) is 30.9 Å². The number of piperidine rings is 1. The summed E-state index contributed by atoms with van der Waals surface area (Å²) in [5, 5.41) is 0.336. The Bertz CT molecular complexity index is 979. The molecule has 2 amide bonds. The van der Waals surface area contributed by atoms with Gasteiger partial charge >= 0.3 is 0 Å². The van der Waals surface area contributed by atoms with Gasteiger partial charge < -0.3 is 9.47 Å². The fourth-order valence-corrected chi connectivity index (χ4v) is 4.70. The number of amides is 2. The first-order valence-corrected chi connectivity index (χ1v) is 10.3.